The van der Waals surface area contributed by atoms with E-state index in [2.05, 4.69) is 48.5 Å². The number of carbonyl (C=O) groups excluding carboxylic acids is 4. The minimum atomic E-state index is -0.455. The van der Waals surface area contributed by atoms with Crippen LogP contribution >= 0.6 is 0 Å². The molecule has 1 aliphatic heterocycles. The normalized spacial score (nSPS) is 28.9. The third kappa shape index (κ3) is 11.7. The molecule has 0 N–H and O–H groups in total. The number of carbonyl (C=O) groups is 4. The molecule has 7 unspecified atom stereocenters. The molecule has 4 fully saturated rings. The summed E-state index contributed by atoms with van der Waals surface area (Å²) in [6, 6.07) is 0. The van der Waals surface area contributed by atoms with Gasteiger partial charge in [0, 0.05) is 11.8 Å². The van der Waals surface area contributed by atoms with Gasteiger partial charge in [-0.3, -0.25) is 19.2 Å². The van der Waals surface area contributed by atoms with Crippen molar-refractivity contribution >= 4 is 23.9 Å². The van der Waals surface area contributed by atoms with Crippen LogP contribution in [0.1, 0.15) is 169 Å². The van der Waals surface area contributed by atoms with Gasteiger partial charge in [0.2, 0.25) is 0 Å². The third-order valence-electron chi connectivity index (χ3n) is 12.7. The Hall–Kier alpha value is -2.12. The summed E-state index contributed by atoms with van der Waals surface area (Å²) >= 11 is 0. The van der Waals surface area contributed by atoms with Gasteiger partial charge in [0.15, 0.2) is 0 Å². The number of rotatable bonds is 9. The van der Waals surface area contributed by atoms with E-state index in [-0.39, 0.29) is 75.9 Å². The highest BCUT2D eigenvalue weighted by atomic mass is 16.6. The number of hydrogen-bond donors (Lipinski definition) is 0. The van der Waals surface area contributed by atoms with Gasteiger partial charge in [-0.2, -0.15) is 0 Å². The van der Waals surface area contributed by atoms with Gasteiger partial charge in [-0.1, -0.05) is 62.3 Å². The summed E-state index contributed by atoms with van der Waals surface area (Å²) in [5.74, 6) is 1.56. The van der Waals surface area contributed by atoms with E-state index >= 15 is 0 Å². The Balaban J connectivity index is 0.000000280. The van der Waals surface area contributed by atoms with Crippen LogP contribution in [0.5, 0.6) is 0 Å². The fraction of sp³-hybridized carbons (Fsp3) is 0.907. The Kier molecular flexibility index (Phi) is 14.9. The van der Waals surface area contributed by atoms with Crippen LogP contribution in [0.4, 0.5) is 0 Å². The van der Waals surface area contributed by atoms with Gasteiger partial charge >= 0.3 is 23.9 Å². The molecule has 0 amide bonds. The van der Waals surface area contributed by atoms with E-state index in [1.165, 1.54) is 6.42 Å². The third-order valence-corrected chi connectivity index (χ3v) is 12.7. The molecule has 1 heterocycles. The van der Waals surface area contributed by atoms with Crippen molar-refractivity contribution in [3.63, 3.8) is 0 Å². The molecule has 0 aromatic heterocycles. The molecule has 8 nitrogen and oxygen atoms in total. The zero-order valence-corrected chi connectivity index (χ0v) is 35.6. The molecule has 2 bridgehead atoms. The lowest BCUT2D eigenvalue weighted by Gasteiger charge is -2.45. The van der Waals surface area contributed by atoms with Crippen LogP contribution in [0.2, 0.25) is 0 Å². The van der Waals surface area contributed by atoms with Gasteiger partial charge in [0.05, 0.1) is 28.3 Å². The van der Waals surface area contributed by atoms with Crippen molar-refractivity contribution in [2.75, 3.05) is 0 Å². The summed E-state index contributed by atoms with van der Waals surface area (Å²) in [6.07, 6.45) is 7.20. The Morgan fingerprint density at radius 1 is 0.647 bits per heavy atom. The maximum Gasteiger partial charge on any atom is 0.311 e. The summed E-state index contributed by atoms with van der Waals surface area (Å²) < 4.78 is 22.1. The van der Waals surface area contributed by atoms with E-state index in [0.29, 0.717) is 23.7 Å². The van der Waals surface area contributed by atoms with Crippen LogP contribution in [-0.4, -0.2) is 48.3 Å². The number of fused-ring (bicyclic) bond motifs is 1. The lowest BCUT2D eigenvalue weighted by molar-refractivity contribution is -0.170. The molecule has 296 valence electrons. The standard InChI is InChI=1S/C20H38O2.C14H20O4.C9H18O2/c1-10-20(8,9)17(21)22-16-12-14(18(2,3)4)11-15(13-16)19(5,6)7;1-4-14(2,3)13(16)18-10-7-5-8-9(6-7)12(15)17-11(8)10;1-6-9(4,5)8(10)11-7(2)3/h14-16H,10-13H2,1-9H3;7-11H,4-6H2,1-3H3;7H,6H2,1-5H3. The molecule has 0 radical (unpaired) electrons. The lowest BCUT2D eigenvalue weighted by atomic mass is 9.62. The second-order valence-corrected chi connectivity index (χ2v) is 20.3. The summed E-state index contributed by atoms with van der Waals surface area (Å²) in [5.41, 5.74) is -0.607. The Bertz CT molecular complexity index is 1180. The van der Waals surface area contributed by atoms with Gasteiger partial charge in [0.25, 0.3) is 0 Å². The van der Waals surface area contributed by atoms with Gasteiger partial charge in [-0.25, -0.2) is 0 Å². The van der Waals surface area contributed by atoms with E-state index in [1.54, 1.807) is 0 Å². The van der Waals surface area contributed by atoms with Crippen molar-refractivity contribution in [3.05, 3.63) is 0 Å². The Morgan fingerprint density at radius 2 is 1.08 bits per heavy atom. The topological polar surface area (TPSA) is 105 Å². The van der Waals surface area contributed by atoms with Crippen molar-refractivity contribution in [3.8, 4) is 0 Å². The minimum absolute atomic E-state index is 0.00618. The predicted molar refractivity (Wildman–Crippen MR) is 203 cm³/mol. The molecule has 3 aliphatic carbocycles. The summed E-state index contributed by atoms with van der Waals surface area (Å²) in [5, 5.41) is 0. The molecule has 0 aromatic carbocycles. The molecule has 4 rings (SSSR count). The van der Waals surface area contributed by atoms with Crippen LogP contribution in [0, 0.1) is 56.7 Å². The smallest absolute Gasteiger partial charge is 0.311 e. The number of hydrogen-bond acceptors (Lipinski definition) is 8. The van der Waals surface area contributed by atoms with E-state index in [0.717, 1.165) is 44.9 Å². The van der Waals surface area contributed by atoms with Crippen molar-refractivity contribution in [1.29, 1.82) is 0 Å². The first kappa shape index (κ1) is 45.0. The predicted octanol–water partition coefficient (Wildman–Crippen LogP) is 10.1. The van der Waals surface area contributed by atoms with Crippen LogP contribution in [0.15, 0.2) is 0 Å². The minimum Gasteiger partial charge on any atom is -0.463 e. The Morgan fingerprint density at radius 3 is 1.49 bits per heavy atom. The summed E-state index contributed by atoms with van der Waals surface area (Å²) in [6.45, 7) is 35.2. The fourth-order valence-corrected chi connectivity index (χ4v) is 7.24. The maximum atomic E-state index is 12.5. The number of ether oxygens (including phenoxy) is 4. The summed E-state index contributed by atoms with van der Waals surface area (Å²) in [7, 11) is 0. The van der Waals surface area contributed by atoms with Crippen molar-refractivity contribution in [2.24, 2.45) is 56.7 Å². The van der Waals surface area contributed by atoms with E-state index in [1.807, 2.05) is 69.2 Å². The highest BCUT2D eigenvalue weighted by molar-refractivity contribution is 5.78. The van der Waals surface area contributed by atoms with Crippen molar-refractivity contribution in [2.45, 2.75) is 193 Å². The second kappa shape index (κ2) is 16.9. The fourth-order valence-electron chi connectivity index (χ4n) is 7.24. The molecule has 0 spiro atoms. The van der Waals surface area contributed by atoms with Crippen LogP contribution < -0.4 is 0 Å². The molecule has 4 aliphatic rings. The van der Waals surface area contributed by atoms with Crippen molar-refractivity contribution in [1.82, 2.24) is 0 Å². The zero-order valence-electron chi connectivity index (χ0n) is 35.6. The first-order valence-corrected chi connectivity index (χ1v) is 19.9. The Labute approximate surface area is 311 Å². The quantitative estimate of drug-likeness (QED) is 0.171. The van der Waals surface area contributed by atoms with E-state index in [4.69, 9.17) is 18.9 Å². The van der Waals surface area contributed by atoms with Crippen LogP contribution in [0.25, 0.3) is 0 Å². The van der Waals surface area contributed by atoms with Crippen molar-refractivity contribution < 1.29 is 38.1 Å². The second-order valence-electron chi connectivity index (χ2n) is 20.3. The molecule has 3 saturated carbocycles. The first-order valence-electron chi connectivity index (χ1n) is 19.9. The highest BCUT2D eigenvalue weighted by Crippen LogP contribution is 2.55. The summed E-state index contributed by atoms with van der Waals surface area (Å²) in [4.78, 5) is 47.5. The van der Waals surface area contributed by atoms with Crippen LogP contribution in [-0.2, 0) is 38.1 Å². The SMILES string of the molecule is CCC(C)(C)C(=O)OC(C)C.CCC(C)(C)C(=O)OC1C2CC3C(=O)OC1C3C2.CCC(C)(C)C(=O)OC1CC(C(C)(C)C)CC(C(C)(C)C)C1. The molecule has 0 aromatic rings. The molecular weight excluding hydrogens is 644 g/mol. The van der Waals surface area contributed by atoms with E-state index in [9.17, 15) is 19.2 Å². The largest absolute Gasteiger partial charge is 0.463 e. The van der Waals surface area contributed by atoms with E-state index < -0.39 is 5.41 Å². The molecule has 7 atom stereocenters. The van der Waals surface area contributed by atoms with Gasteiger partial charge in [-0.15, -0.1) is 0 Å². The highest BCUT2D eigenvalue weighted by Gasteiger charge is 2.63. The number of esters is 4. The molecule has 1 saturated heterocycles. The van der Waals surface area contributed by atoms with Gasteiger partial charge in [-0.05, 0) is 129 Å². The van der Waals surface area contributed by atoms with Gasteiger partial charge in [0.1, 0.15) is 18.3 Å². The lowest BCUT2D eigenvalue weighted by Crippen LogP contribution is -2.41. The first-order chi connectivity index (χ1) is 23.1. The average Bonchev–Trinajstić information content (AvgIpc) is 3.65. The molecule has 51 heavy (non-hydrogen) atoms. The molecule has 8 heteroatoms. The maximum absolute atomic E-state index is 12.5. The monoisotopic (exact) mass is 721 g/mol. The average molecular weight is 721 g/mol. The molecular formula is C43H76O8. The zero-order chi connectivity index (χ0) is 39.5. The van der Waals surface area contributed by atoms with Gasteiger partial charge < -0.3 is 18.9 Å². The van der Waals surface area contributed by atoms with Crippen LogP contribution in [0.3, 0.4) is 0 Å².